The summed E-state index contributed by atoms with van der Waals surface area (Å²) in [4.78, 5) is 0. The Balaban J connectivity index is 2.22. The molecule has 2 N–H and O–H groups in total. The second kappa shape index (κ2) is 11.0. The van der Waals surface area contributed by atoms with Gasteiger partial charge in [0.15, 0.2) is 11.9 Å². The first-order chi connectivity index (χ1) is 14.5. The smallest absolute Gasteiger partial charge is 0.424 e. The van der Waals surface area contributed by atoms with E-state index in [-0.39, 0.29) is 5.75 Å². The average molecular weight is 498 g/mol. The van der Waals surface area contributed by atoms with E-state index in [9.17, 15) is 13.9 Å². The lowest BCUT2D eigenvalue weighted by atomic mass is 9.78. The van der Waals surface area contributed by atoms with Gasteiger partial charge in [-0.1, -0.05) is 49.2 Å². The molecule has 9 heteroatoms. The average Bonchev–Trinajstić information content (AvgIpc) is 2.70. The molecule has 0 saturated carbocycles. The van der Waals surface area contributed by atoms with E-state index in [1.54, 1.807) is 24.3 Å². The van der Waals surface area contributed by atoms with Crippen molar-refractivity contribution in [3.63, 3.8) is 0 Å². The van der Waals surface area contributed by atoms with E-state index in [1.807, 2.05) is 13.8 Å². The lowest BCUT2D eigenvalue weighted by Crippen LogP contribution is -2.39. The molecule has 172 valence electrons. The number of hydrogen-bond donors (Lipinski definition) is 2. The summed E-state index contributed by atoms with van der Waals surface area (Å²) in [6, 6.07) is 9.60. The minimum absolute atomic E-state index is 0.111. The van der Waals surface area contributed by atoms with Gasteiger partial charge in [0.25, 0.3) is 0 Å². The molecular formula is C22H25Cl3F2O4. The highest BCUT2D eigenvalue weighted by Crippen LogP contribution is 2.41. The highest BCUT2D eigenvalue weighted by atomic mass is 35.5. The van der Waals surface area contributed by atoms with E-state index in [0.29, 0.717) is 34.7 Å². The third-order valence-electron chi connectivity index (χ3n) is 4.86. The second-order valence-corrected chi connectivity index (χ2v) is 8.69. The Kier molecular flexibility index (Phi) is 9.22. The number of aliphatic hydroxyl groups excluding tert-OH is 2. The van der Waals surface area contributed by atoms with E-state index in [1.165, 1.54) is 12.1 Å². The van der Waals surface area contributed by atoms with Gasteiger partial charge in [-0.2, -0.15) is 8.78 Å². The van der Waals surface area contributed by atoms with Crippen LogP contribution < -0.4 is 9.47 Å². The number of rotatable bonds is 11. The summed E-state index contributed by atoms with van der Waals surface area (Å²) < 4.78 is 38.0. The van der Waals surface area contributed by atoms with Gasteiger partial charge in [-0.05, 0) is 41.8 Å². The van der Waals surface area contributed by atoms with Crippen molar-refractivity contribution in [3.05, 3.63) is 57.6 Å². The van der Waals surface area contributed by atoms with E-state index in [0.717, 1.165) is 11.1 Å². The van der Waals surface area contributed by atoms with E-state index >= 15 is 0 Å². The van der Waals surface area contributed by atoms with Crippen LogP contribution in [0.15, 0.2) is 36.4 Å². The van der Waals surface area contributed by atoms with Crippen LogP contribution >= 0.6 is 34.8 Å². The first kappa shape index (κ1) is 25.9. The number of hydrogen-bond acceptors (Lipinski definition) is 4. The largest absolute Gasteiger partial charge is 0.490 e. The molecule has 0 bridgehead atoms. The number of benzene rings is 2. The fourth-order valence-corrected chi connectivity index (χ4v) is 3.61. The molecule has 0 spiro atoms. The van der Waals surface area contributed by atoms with Crippen molar-refractivity contribution >= 4 is 34.8 Å². The SMILES string of the molecule is CC(C)(c1ccc(OC(F)(F)C(O)CCO)cc1)c1cc(Cl)c(OCCCCl)c(Cl)c1. The Morgan fingerprint density at radius 2 is 1.61 bits per heavy atom. The van der Waals surface area contributed by atoms with Crippen LogP contribution in [0.25, 0.3) is 0 Å². The first-order valence-electron chi connectivity index (χ1n) is 9.67. The van der Waals surface area contributed by atoms with Crippen molar-refractivity contribution in [2.24, 2.45) is 0 Å². The maximum atomic E-state index is 13.9. The van der Waals surface area contributed by atoms with Crippen LogP contribution in [-0.4, -0.2) is 41.5 Å². The minimum Gasteiger partial charge on any atom is -0.490 e. The summed E-state index contributed by atoms with van der Waals surface area (Å²) in [5.41, 5.74) is 1.06. The Hall–Kier alpha value is -1.31. The molecule has 0 heterocycles. The molecule has 1 unspecified atom stereocenters. The normalized spacial score (nSPS) is 13.2. The predicted octanol–water partition coefficient (Wildman–Crippen LogP) is 6.04. The molecule has 0 amide bonds. The monoisotopic (exact) mass is 496 g/mol. The Labute approximate surface area is 195 Å². The van der Waals surface area contributed by atoms with E-state index in [2.05, 4.69) is 4.74 Å². The Morgan fingerprint density at radius 3 is 2.13 bits per heavy atom. The van der Waals surface area contributed by atoms with Crippen LogP contribution in [0.4, 0.5) is 8.78 Å². The summed E-state index contributed by atoms with van der Waals surface area (Å²) in [6.07, 6.45) is -5.76. The molecule has 0 radical (unpaired) electrons. The molecule has 0 fully saturated rings. The standard InChI is InChI=1S/C22H25Cl3F2O4/c1-21(2,15-12-17(24)20(18(25)13-15)30-11-3-9-23)14-4-6-16(7-5-14)31-22(26,27)19(29)8-10-28/h4-7,12-13,19,28-29H,3,8-11H2,1-2H3. The lowest BCUT2D eigenvalue weighted by molar-refractivity contribution is -0.242. The van der Waals surface area contributed by atoms with Crippen LogP contribution in [-0.2, 0) is 5.41 Å². The molecule has 0 aliphatic rings. The summed E-state index contributed by atoms with van der Waals surface area (Å²) in [7, 11) is 0. The highest BCUT2D eigenvalue weighted by Gasteiger charge is 2.41. The molecule has 4 nitrogen and oxygen atoms in total. The predicted molar refractivity (Wildman–Crippen MR) is 119 cm³/mol. The van der Waals surface area contributed by atoms with Crippen LogP contribution in [0, 0.1) is 0 Å². The van der Waals surface area contributed by atoms with Gasteiger partial charge in [0.1, 0.15) is 5.75 Å². The van der Waals surface area contributed by atoms with Crippen molar-refractivity contribution in [2.45, 2.75) is 44.3 Å². The number of alkyl halides is 3. The van der Waals surface area contributed by atoms with Gasteiger partial charge < -0.3 is 19.7 Å². The van der Waals surface area contributed by atoms with Gasteiger partial charge in [-0.3, -0.25) is 0 Å². The number of halogens is 5. The van der Waals surface area contributed by atoms with Crippen molar-refractivity contribution in [2.75, 3.05) is 19.1 Å². The van der Waals surface area contributed by atoms with Crippen LogP contribution in [0.3, 0.4) is 0 Å². The lowest BCUT2D eigenvalue weighted by Gasteiger charge is -2.28. The van der Waals surface area contributed by atoms with E-state index in [4.69, 9.17) is 44.6 Å². The molecule has 0 aliphatic heterocycles. The van der Waals surface area contributed by atoms with Gasteiger partial charge in [-0.15, -0.1) is 11.6 Å². The molecule has 0 aliphatic carbocycles. The molecule has 2 aromatic carbocycles. The van der Waals surface area contributed by atoms with Gasteiger partial charge >= 0.3 is 6.11 Å². The number of aliphatic hydroxyl groups is 2. The molecule has 0 aromatic heterocycles. The van der Waals surface area contributed by atoms with Crippen molar-refractivity contribution in [1.82, 2.24) is 0 Å². The van der Waals surface area contributed by atoms with Gasteiger partial charge in [0.2, 0.25) is 0 Å². The first-order valence-corrected chi connectivity index (χ1v) is 11.0. The molecule has 0 saturated heterocycles. The van der Waals surface area contributed by atoms with Crippen LogP contribution in [0.2, 0.25) is 10.0 Å². The quantitative estimate of drug-likeness (QED) is 0.293. The topological polar surface area (TPSA) is 58.9 Å². The molecule has 1 atom stereocenters. The summed E-state index contributed by atoms with van der Waals surface area (Å²) >= 11 is 18.4. The summed E-state index contributed by atoms with van der Waals surface area (Å²) in [5, 5.41) is 18.9. The zero-order valence-electron chi connectivity index (χ0n) is 17.2. The van der Waals surface area contributed by atoms with Crippen molar-refractivity contribution in [3.8, 4) is 11.5 Å². The highest BCUT2D eigenvalue weighted by molar-refractivity contribution is 6.37. The third kappa shape index (κ3) is 6.59. The number of ether oxygens (including phenoxy) is 2. The van der Waals surface area contributed by atoms with Crippen molar-refractivity contribution in [1.29, 1.82) is 0 Å². The second-order valence-electron chi connectivity index (χ2n) is 7.50. The van der Waals surface area contributed by atoms with Gasteiger partial charge in [0, 0.05) is 24.3 Å². The Morgan fingerprint density at radius 1 is 1.03 bits per heavy atom. The zero-order chi connectivity index (χ0) is 23.2. The van der Waals surface area contributed by atoms with E-state index < -0.39 is 30.7 Å². The van der Waals surface area contributed by atoms with Crippen LogP contribution in [0.1, 0.15) is 37.8 Å². The van der Waals surface area contributed by atoms with Crippen LogP contribution in [0.5, 0.6) is 11.5 Å². The fourth-order valence-electron chi connectivity index (χ4n) is 2.91. The van der Waals surface area contributed by atoms with Gasteiger partial charge in [-0.25, -0.2) is 0 Å². The summed E-state index contributed by atoms with van der Waals surface area (Å²) in [5.74, 6) is 0.743. The molecular weight excluding hydrogens is 473 g/mol. The molecule has 2 aromatic rings. The zero-order valence-corrected chi connectivity index (χ0v) is 19.4. The molecule has 31 heavy (non-hydrogen) atoms. The Bertz CT molecular complexity index is 837. The fraction of sp³-hybridized carbons (Fsp3) is 0.455. The maximum Gasteiger partial charge on any atom is 0.424 e. The minimum atomic E-state index is -3.82. The maximum absolute atomic E-state index is 13.9. The molecule has 2 rings (SSSR count). The third-order valence-corrected chi connectivity index (χ3v) is 5.69. The summed E-state index contributed by atoms with van der Waals surface area (Å²) in [6.45, 7) is 3.71. The van der Waals surface area contributed by atoms with Crippen molar-refractivity contribution < 1.29 is 28.5 Å². The van der Waals surface area contributed by atoms with Gasteiger partial charge in [0.05, 0.1) is 16.7 Å².